The third-order valence-corrected chi connectivity index (χ3v) is 14.2. The molecule has 2 rings (SSSR count). The van der Waals surface area contributed by atoms with Crippen LogP contribution in [-0.4, -0.2) is 0 Å². The van der Waals surface area contributed by atoms with E-state index in [0.717, 1.165) is 0 Å². The molecule has 0 aliphatic heterocycles. The zero-order chi connectivity index (χ0) is 18.1. The van der Waals surface area contributed by atoms with Gasteiger partial charge in [-0.3, -0.25) is 0 Å². The fourth-order valence-corrected chi connectivity index (χ4v) is 11.7. The molecule has 0 bridgehead atoms. The number of hydrogen-bond donors (Lipinski definition) is 1. The van der Waals surface area contributed by atoms with E-state index >= 15 is 0 Å². The molecule has 0 spiro atoms. The molecule has 2 aromatic rings. The molecular weight excluding hydrogens is 374 g/mol. The molecule has 130 valence electrons. The fraction of sp³-hybridized carbons (Fsp3) is 0.455. The minimum atomic E-state index is -3.36. The average Bonchev–Trinajstić information content (AvgIpc) is 2.53. The van der Waals surface area contributed by atoms with Crippen molar-refractivity contribution in [2.24, 2.45) is 0 Å². The predicted molar refractivity (Wildman–Crippen MR) is 103 cm³/mol. The van der Waals surface area contributed by atoms with Gasteiger partial charge in [0.15, 0.2) is 0 Å². The average molecular weight is 406 g/mol. The van der Waals surface area contributed by atoms with Gasteiger partial charge >= 0.3 is 151 Å². The second-order valence-electron chi connectivity index (χ2n) is 8.11. The van der Waals surface area contributed by atoms with E-state index in [9.17, 15) is 3.91 Å². The molecular formula is C22H32MoN+. The first-order chi connectivity index (χ1) is 11.1. The summed E-state index contributed by atoms with van der Waals surface area (Å²) in [6.07, 6.45) is 0. The molecule has 2 aromatic carbocycles. The van der Waals surface area contributed by atoms with Crippen molar-refractivity contribution < 1.29 is 15.9 Å². The standard InChI is InChI=1S/C12H17.C6H5.C4H9.Mo.HN/c1-9(2)11-6-5-7-12(8-11)10(3)4;1-2-4-6-5-3-1;1-4(2)3;;/h5-7,9-10H,1-4H3;1-5H;1-3H3;;1H/q;;;+1;. The zero-order valence-corrected chi connectivity index (χ0v) is 18.2. The Morgan fingerprint density at radius 1 is 0.750 bits per heavy atom. The molecule has 24 heavy (non-hydrogen) atoms. The van der Waals surface area contributed by atoms with Crippen LogP contribution in [0.4, 0.5) is 0 Å². The van der Waals surface area contributed by atoms with Gasteiger partial charge in [-0.25, -0.2) is 0 Å². The van der Waals surface area contributed by atoms with Crippen LogP contribution in [-0.2, 0) is 15.9 Å². The van der Waals surface area contributed by atoms with Gasteiger partial charge in [0.25, 0.3) is 0 Å². The second-order valence-corrected chi connectivity index (χ2v) is 16.3. The molecule has 0 aliphatic carbocycles. The Hall–Kier alpha value is -1.07. The summed E-state index contributed by atoms with van der Waals surface area (Å²) < 4.78 is 12.5. The van der Waals surface area contributed by atoms with E-state index in [-0.39, 0.29) is 3.80 Å². The van der Waals surface area contributed by atoms with E-state index in [2.05, 4.69) is 97.0 Å². The third-order valence-electron chi connectivity index (χ3n) is 4.64. The molecule has 1 N–H and O–H groups in total. The quantitative estimate of drug-likeness (QED) is 0.601. The first-order valence-corrected chi connectivity index (χ1v) is 12.9. The molecule has 0 fully saturated rings. The van der Waals surface area contributed by atoms with Crippen molar-refractivity contribution in [2.75, 3.05) is 0 Å². The molecule has 0 amide bonds. The van der Waals surface area contributed by atoms with Crippen LogP contribution < -0.4 is 7.91 Å². The van der Waals surface area contributed by atoms with Crippen molar-refractivity contribution in [3.05, 3.63) is 59.7 Å². The van der Waals surface area contributed by atoms with Crippen molar-refractivity contribution in [1.82, 2.24) is 0 Å². The topological polar surface area (TPSA) is 23.9 Å². The summed E-state index contributed by atoms with van der Waals surface area (Å²) in [6.45, 7) is 15.9. The van der Waals surface area contributed by atoms with Crippen molar-refractivity contribution in [2.45, 2.75) is 64.1 Å². The molecule has 1 atom stereocenters. The Bertz CT molecular complexity index is 710. The molecule has 0 heterocycles. The first kappa shape index (κ1) is 19.3. The van der Waals surface area contributed by atoms with Gasteiger partial charge < -0.3 is 0 Å². The number of nitrogens with one attached hydrogen (secondary N) is 1. The van der Waals surface area contributed by atoms with E-state index in [1.807, 2.05) is 0 Å². The van der Waals surface area contributed by atoms with Crippen LogP contribution in [0.5, 0.6) is 0 Å². The Kier molecular flexibility index (Phi) is 5.65. The van der Waals surface area contributed by atoms with E-state index in [4.69, 9.17) is 0 Å². The summed E-state index contributed by atoms with van der Waals surface area (Å²) >= 11 is -3.36. The summed E-state index contributed by atoms with van der Waals surface area (Å²) in [4.78, 5) is 0. The van der Waals surface area contributed by atoms with Crippen LogP contribution >= 0.6 is 0 Å². The van der Waals surface area contributed by atoms with Gasteiger partial charge in [-0.15, -0.1) is 0 Å². The van der Waals surface area contributed by atoms with Crippen molar-refractivity contribution >= 4 is 7.91 Å². The molecule has 0 saturated heterocycles. The van der Waals surface area contributed by atoms with E-state index in [1.54, 1.807) is 0 Å². The van der Waals surface area contributed by atoms with E-state index in [1.165, 1.54) is 19.0 Å². The van der Waals surface area contributed by atoms with Crippen molar-refractivity contribution in [3.8, 4) is 0 Å². The van der Waals surface area contributed by atoms with Crippen LogP contribution in [0.2, 0.25) is 3.80 Å². The number of hydrogen-bond acceptors (Lipinski definition) is 1. The van der Waals surface area contributed by atoms with Gasteiger partial charge in [-0.2, -0.15) is 0 Å². The molecule has 0 saturated carbocycles. The van der Waals surface area contributed by atoms with Crippen LogP contribution in [0.1, 0.15) is 71.4 Å². The molecule has 2 heteroatoms. The minimum absolute atomic E-state index is 0.0293. The summed E-state index contributed by atoms with van der Waals surface area (Å²) in [7, 11) is 0. The number of rotatable bonds is 4. The maximum absolute atomic E-state index is 9.91. The summed E-state index contributed by atoms with van der Waals surface area (Å²) in [5, 5.41) is 0. The molecule has 0 radical (unpaired) electrons. The molecule has 1 unspecified atom stereocenters. The van der Waals surface area contributed by atoms with Gasteiger partial charge in [0.1, 0.15) is 0 Å². The molecule has 1 nitrogen and oxygen atoms in total. The zero-order valence-electron chi connectivity index (χ0n) is 16.2. The molecule has 0 aromatic heterocycles. The fourth-order valence-electron chi connectivity index (χ4n) is 3.24. The number of benzene rings is 2. The SMILES string of the molecule is CC(C)c1cccc(C(C)C)[c]1[Mo+](=[NH])([c]1ccccc1)[C](C)(C)C. The van der Waals surface area contributed by atoms with Crippen molar-refractivity contribution in [1.29, 1.82) is 3.91 Å². The monoisotopic (exact) mass is 408 g/mol. The Morgan fingerprint density at radius 2 is 1.21 bits per heavy atom. The normalized spacial score (nSPS) is 14.9. The van der Waals surface area contributed by atoms with Crippen molar-refractivity contribution in [3.63, 3.8) is 0 Å². The van der Waals surface area contributed by atoms with Gasteiger partial charge in [-0.05, 0) is 0 Å². The van der Waals surface area contributed by atoms with Crippen LogP contribution in [0.3, 0.4) is 0 Å². The van der Waals surface area contributed by atoms with Crippen LogP contribution in [0, 0.1) is 3.91 Å². The van der Waals surface area contributed by atoms with E-state index < -0.39 is 15.9 Å². The van der Waals surface area contributed by atoms with E-state index in [0.29, 0.717) is 11.8 Å². The Morgan fingerprint density at radius 3 is 1.58 bits per heavy atom. The second kappa shape index (κ2) is 7.04. The summed E-state index contributed by atoms with van der Waals surface area (Å²) in [5.74, 6) is 0.890. The maximum atomic E-state index is 9.91. The first-order valence-electron chi connectivity index (χ1n) is 8.86. The van der Waals surface area contributed by atoms with Crippen LogP contribution in [0.25, 0.3) is 0 Å². The molecule has 0 aliphatic rings. The van der Waals surface area contributed by atoms with Gasteiger partial charge in [0.2, 0.25) is 0 Å². The van der Waals surface area contributed by atoms with Gasteiger partial charge in [0.05, 0.1) is 0 Å². The summed E-state index contributed by atoms with van der Waals surface area (Å²) in [5.41, 5.74) is 2.77. The third kappa shape index (κ3) is 3.33. The van der Waals surface area contributed by atoms with Gasteiger partial charge in [0, 0.05) is 0 Å². The summed E-state index contributed by atoms with van der Waals surface area (Å²) in [6, 6.07) is 17.4. The Labute approximate surface area is 151 Å². The predicted octanol–water partition coefficient (Wildman–Crippen LogP) is 6.02. The van der Waals surface area contributed by atoms with Gasteiger partial charge in [-0.1, -0.05) is 0 Å². The Balaban J connectivity index is 2.94. The van der Waals surface area contributed by atoms with Crippen LogP contribution in [0.15, 0.2) is 48.5 Å².